The van der Waals surface area contributed by atoms with Gasteiger partial charge in [0.2, 0.25) is 5.95 Å². The molecule has 2 aromatic carbocycles. The number of rotatable bonds is 7. The van der Waals surface area contributed by atoms with Crippen LogP contribution in [-0.2, 0) is 6.54 Å². The molecule has 8 heteroatoms. The van der Waals surface area contributed by atoms with E-state index in [-0.39, 0.29) is 11.9 Å². The number of benzene rings is 2. The summed E-state index contributed by atoms with van der Waals surface area (Å²) in [4.78, 5) is 15.7. The molecule has 5 rings (SSSR count). The fourth-order valence-corrected chi connectivity index (χ4v) is 4.63. The van der Waals surface area contributed by atoms with E-state index in [0.717, 1.165) is 57.9 Å². The zero-order chi connectivity index (χ0) is 23.3. The third-order valence-electron chi connectivity index (χ3n) is 6.58. The number of nitrogens with zero attached hydrogens (tertiary/aromatic N) is 5. The van der Waals surface area contributed by atoms with E-state index in [4.69, 9.17) is 0 Å². The van der Waals surface area contributed by atoms with Crippen LogP contribution in [0.1, 0.15) is 12.0 Å². The second-order valence-electron chi connectivity index (χ2n) is 9.21. The van der Waals surface area contributed by atoms with Crippen LogP contribution in [0.3, 0.4) is 0 Å². The Morgan fingerprint density at radius 2 is 1.82 bits per heavy atom. The number of likely N-dealkylation sites (N-methyl/N-ethyl adjacent to an activating group) is 1. The summed E-state index contributed by atoms with van der Waals surface area (Å²) in [5, 5.41) is 6.55. The molecular weight excluding hydrogens is 429 g/mol. The van der Waals surface area contributed by atoms with Crippen LogP contribution in [0.5, 0.6) is 0 Å². The van der Waals surface area contributed by atoms with E-state index >= 15 is 0 Å². The molecule has 2 aliphatic heterocycles. The number of hydrogen-bond donors (Lipinski definition) is 2. The van der Waals surface area contributed by atoms with Gasteiger partial charge in [0, 0.05) is 63.2 Å². The molecule has 1 unspecified atom stereocenters. The Balaban J connectivity index is 1.21. The maximum atomic E-state index is 14.5. The number of piperazine rings is 1. The highest BCUT2D eigenvalue weighted by atomic mass is 19.1. The molecule has 1 aromatic heterocycles. The largest absolute Gasteiger partial charge is 0.369 e. The van der Waals surface area contributed by atoms with Gasteiger partial charge in [0.1, 0.15) is 0 Å². The predicted octanol–water partition coefficient (Wildman–Crippen LogP) is 3.80. The molecule has 3 aromatic rings. The zero-order valence-corrected chi connectivity index (χ0v) is 19.6. The Bertz CT molecular complexity index is 1090. The molecule has 0 bridgehead atoms. The lowest BCUT2D eigenvalue weighted by molar-refractivity contribution is 0.313. The van der Waals surface area contributed by atoms with Gasteiger partial charge in [-0.05, 0) is 37.2 Å². The molecule has 0 spiro atoms. The second kappa shape index (κ2) is 10.4. The summed E-state index contributed by atoms with van der Waals surface area (Å²) in [5.41, 5.74) is 3.36. The number of nitrogens with one attached hydrogen (secondary N) is 2. The van der Waals surface area contributed by atoms with E-state index < -0.39 is 5.82 Å². The smallest absolute Gasteiger partial charge is 0.229 e. The summed E-state index contributed by atoms with van der Waals surface area (Å²) in [6.45, 7) is 6.85. The highest BCUT2D eigenvalue weighted by Gasteiger charge is 2.24. The number of likely N-dealkylation sites (tertiary alicyclic amines) is 1. The van der Waals surface area contributed by atoms with Crippen LogP contribution in [-0.4, -0.2) is 72.1 Å². The molecule has 0 radical (unpaired) electrons. The summed E-state index contributed by atoms with van der Waals surface area (Å²) in [6, 6.07) is 18.8. The minimum absolute atomic E-state index is 0.154. The van der Waals surface area contributed by atoms with Crippen LogP contribution < -0.4 is 15.5 Å². The van der Waals surface area contributed by atoms with E-state index in [2.05, 4.69) is 78.7 Å². The Morgan fingerprint density at radius 1 is 1.00 bits per heavy atom. The third kappa shape index (κ3) is 5.63. The van der Waals surface area contributed by atoms with Crippen molar-refractivity contribution in [3.05, 3.63) is 72.2 Å². The van der Waals surface area contributed by atoms with Gasteiger partial charge in [-0.3, -0.25) is 4.90 Å². The molecule has 0 aliphatic carbocycles. The van der Waals surface area contributed by atoms with Crippen LogP contribution >= 0.6 is 0 Å². The molecule has 2 N–H and O–H groups in total. The Hall–Kier alpha value is -3.23. The van der Waals surface area contributed by atoms with Crippen molar-refractivity contribution < 1.29 is 4.39 Å². The molecule has 0 amide bonds. The minimum atomic E-state index is -0.432. The zero-order valence-electron chi connectivity index (χ0n) is 19.6. The fraction of sp³-hybridized carbons (Fsp3) is 0.385. The van der Waals surface area contributed by atoms with Gasteiger partial charge in [-0.25, -0.2) is 9.37 Å². The van der Waals surface area contributed by atoms with Crippen molar-refractivity contribution in [3.63, 3.8) is 0 Å². The standard InChI is InChI=1S/C26H32FN7/c1-32-12-14-34(15-13-32)23-9-5-8-21(16-23)30-26-28-17-24(27)25(31-26)29-22-10-11-33(19-22)18-20-6-3-2-4-7-20/h2-9,16-17,22H,10-15,18-19H2,1H3,(H2,28,29,30,31). The third-order valence-corrected chi connectivity index (χ3v) is 6.58. The summed E-state index contributed by atoms with van der Waals surface area (Å²) in [7, 11) is 2.15. The average Bonchev–Trinajstić information content (AvgIpc) is 3.29. The summed E-state index contributed by atoms with van der Waals surface area (Å²) in [6.07, 6.45) is 2.19. The quantitative estimate of drug-likeness (QED) is 0.555. The van der Waals surface area contributed by atoms with E-state index in [1.54, 1.807) is 0 Å². The number of aromatic nitrogens is 2. The maximum absolute atomic E-state index is 14.5. The predicted molar refractivity (Wildman–Crippen MR) is 135 cm³/mol. The molecule has 2 fully saturated rings. The van der Waals surface area contributed by atoms with Crippen LogP contribution in [0.4, 0.5) is 27.5 Å². The van der Waals surface area contributed by atoms with Crippen molar-refractivity contribution in [2.45, 2.75) is 19.0 Å². The highest BCUT2D eigenvalue weighted by Crippen LogP contribution is 2.24. The summed E-state index contributed by atoms with van der Waals surface area (Å²) in [5.74, 6) is 0.205. The lowest BCUT2D eigenvalue weighted by Crippen LogP contribution is -2.44. The molecular formula is C26H32FN7. The van der Waals surface area contributed by atoms with Gasteiger partial charge in [-0.2, -0.15) is 4.98 Å². The van der Waals surface area contributed by atoms with Crippen molar-refractivity contribution in [2.75, 3.05) is 61.8 Å². The van der Waals surface area contributed by atoms with Crippen LogP contribution in [0, 0.1) is 5.82 Å². The van der Waals surface area contributed by atoms with E-state index in [9.17, 15) is 4.39 Å². The van der Waals surface area contributed by atoms with Gasteiger partial charge in [0.15, 0.2) is 11.6 Å². The molecule has 1 atom stereocenters. The Labute approximate surface area is 200 Å². The molecule has 34 heavy (non-hydrogen) atoms. The van der Waals surface area contributed by atoms with Crippen LogP contribution in [0.15, 0.2) is 60.8 Å². The Morgan fingerprint density at radius 3 is 2.65 bits per heavy atom. The fourth-order valence-electron chi connectivity index (χ4n) is 4.63. The van der Waals surface area contributed by atoms with Gasteiger partial charge in [-0.15, -0.1) is 0 Å². The first-order valence-electron chi connectivity index (χ1n) is 12.0. The first kappa shape index (κ1) is 22.6. The second-order valence-corrected chi connectivity index (χ2v) is 9.21. The van der Waals surface area contributed by atoms with Crippen molar-refractivity contribution in [2.24, 2.45) is 0 Å². The lowest BCUT2D eigenvalue weighted by atomic mass is 10.2. The van der Waals surface area contributed by atoms with Gasteiger partial charge in [0.25, 0.3) is 0 Å². The lowest BCUT2D eigenvalue weighted by Gasteiger charge is -2.34. The topological polar surface area (TPSA) is 59.6 Å². The molecule has 2 saturated heterocycles. The number of halogens is 1. The first-order chi connectivity index (χ1) is 16.6. The van der Waals surface area contributed by atoms with Gasteiger partial charge in [-0.1, -0.05) is 36.4 Å². The Kier molecular flexibility index (Phi) is 6.87. The molecule has 2 aliphatic rings. The number of anilines is 4. The van der Waals surface area contributed by atoms with Gasteiger partial charge < -0.3 is 20.4 Å². The van der Waals surface area contributed by atoms with Crippen molar-refractivity contribution >= 4 is 23.1 Å². The summed E-state index contributed by atoms with van der Waals surface area (Å²) >= 11 is 0. The highest BCUT2D eigenvalue weighted by molar-refractivity contribution is 5.63. The molecule has 7 nitrogen and oxygen atoms in total. The van der Waals surface area contributed by atoms with Crippen molar-refractivity contribution in [1.29, 1.82) is 0 Å². The van der Waals surface area contributed by atoms with Crippen molar-refractivity contribution in [3.8, 4) is 0 Å². The van der Waals surface area contributed by atoms with Gasteiger partial charge >= 0.3 is 0 Å². The van der Waals surface area contributed by atoms with Crippen LogP contribution in [0.2, 0.25) is 0 Å². The van der Waals surface area contributed by atoms with E-state index in [0.29, 0.717) is 5.95 Å². The average molecular weight is 462 g/mol. The monoisotopic (exact) mass is 461 g/mol. The number of hydrogen-bond acceptors (Lipinski definition) is 7. The first-order valence-corrected chi connectivity index (χ1v) is 12.0. The van der Waals surface area contributed by atoms with E-state index in [1.165, 1.54) is 17.4 Å². The minimum Gasteiger partial charge on any atom is -0.369 e. The molecule has 178 valence electrons. The summed E-state index contributed by atoms with van der Waals surface area (Å²) < 4.78 is 14.5. The normalized spacial score (nSPS) is 19.4. The molecule has 3 heterocycles. The van der Waals surface area contributed by atoms with Crippen LogP contribution in [0.25, 0.3) is 0 Å². The van der Waals surface area contributed by atoms with Gasteiger partial charge in [0.05, 0.1) is 6.20 Å². The molecule has 0 saturated carbocycles. The maximum Gasteiger partial charge on any atom is 0.229 e. The van der Waals surface area contributed by atoms with E-state index in [1.807, 2.05) is 18.2 Å². The SMILES string of the molecule is CN1CCN(c2cccc(Nc3ncc(F)c(NC4CCN(Cc5ccccc5)C4)n3)c2)CC1. The van der Waals surface area contributed by atoms with Crippen molar-refractivity contribution in [1.82, 2.24) is 19.8 Å².